The van der Waals surface area contributed by atoms with Gasteiger partial charge in [0.2, 0.25) is 0 Å². The van der Waals surface area contributed by atoms with Gasteiger partial charge in [0, 0.05) is 38.8 Å². The lowest BCUT2D eigenvalue weighted by Gasteiger charge is -2.35. The quantitative estimate of drug-likeness (QED) is 0.305. The van der Waals surface area contributed by atoms with E-state index >= 15 is 0 Å². The zero-order chi connectivity index (χ0) is 22.9. The molecule has 2 unspecified atom stereocenters. The zero-order valence-corrected chi connectivity index (χ0v) is 22.2. The summed E-state index contributed by atoms with van der Waals surface area (Å²) >= 11 is 0. The number of carbonyl (C=O) groups excluding carboxylic acids is 1. The Hall–Kier alpha value is -2.33. The highest BCUT2D eigenvalue weighted by Crippen LogP contribution is 2.15. The molecule has 1 heterocycles. The van der Waals surface area contributed by atoms with Crippen molar-refractivity contribution in [3.8, 4) is 5.75 Å². The van der Waals surface area contributed by atoms with Crippen molar-refractivity contribution in [1.29, 1.82) is 0 Å². The van der Waals surface area contributed by atoms with Crippen LogP contribution in [0.25, 0.3) is 0 Å². The van der Waals surface area contributed by atoms with Crippen molar-refractivity contribution in [3.63, 3.8) is 0 Å². The SMILES string of the molecule is CN=C(NCCc1ccc(OC)cc1)NCc1ccc(C(=O)N2CC(C)OC(C)C2)cc1.I. The van der Waals surface area contributed by atoms with Crippen LogP contribution in [-0.2, 0) is 17.7 Å². The van der Waals surface area contributed by atoms with Crippen molar-refractivity contribution in [3.05, 3.63) is 65.2 Å². The maximum absolute atomic E-state index is 12.8. The lowest BCUT2D eigenvalue weighted by molar-refractivity contribution is -0.0586. The lowest BCUT2D eigenvalue weighted by Crippen LogP contribution is -2.48. The summed E-state index contributed by atoms with van der Waals surface area (Å²) < 4.78 is 10.9. The number of hydrogen-bond acceptors (Lipinski definition) is 4. The number of guanidine groups is 1. The standard InChI is InChI=1S/C25H34N4O3.HI/c1-18-16-29(17-19(2)32-18)24(30)22-9-5-21(6-10-22)15-28-25(26-3)27-14-13-20-7-11-23(31-4)12-8-20;/h5-12,18-19H,13-17H2,1-4H3,(H2,26,27,28);1H. The molecule has 1 saturated heterocycles. The molecule has 0 aliphatic carbocycles. The summed E-state index contributed by atoms with van der Waals surface area (Å²) in [7, 11) is 3.43. The minimum absolute atomic E-state index is 0. The number of aliphatic imine (C=N–C) groups is 1. The van der Waals surface area contributed by atoms with Crippen LogP contribution in [0.1, 0.15) is 35.3 Å². The van der Waals surface area contributed by atoms with E-state index in [0.717, 1.165) is 30.2 Å². The predicted molar refractivity (Wildman–Crippen MR) is 143 cm³/mol. The number of carbonyl (C=O) groups is 1. The average molecular weight is 566 g/mol. The second-order valence-electron chi connectivity index (χ2n) is 8.11. The first-order chi connectivity index (χ1) is 15.5. The Labute approximate surface area is 214 Å². The van der Waals surface area contributed by atoms with Crippen LogP contribution in [0.15, 0.2) is 53.5 Å². The molecule has 1 aliphatic rings. The highest BCUT2D eigenvalue weighted by molar-refractivity contribution is 14.0. The number of nitrogens with zero attached hydrogens (tertiary/aromatic N) is 2. The van der Waals surface area contributed by atoms with Crippen LogP contribution in [0.2, 0.25) is 0 Å². The summed E-state index contributed by atoms with van der Waals surface area (Å²) in [5, 5.41) is 6.65. The van der Waals surface area contributed by atoms with Crippen LogP contribution in [0, 0.1) is 0 Å². The van der Waals surface area contributed by atoms with Gasteiger partial charge in [0.25, 0.3) is 5.91 Å². The molecular weight excluding hydrogens is 531 g/mol. The highest BCUT2D eigenvalue weighted by atomic mass is 127. The van der Waals surface area contributed by atoms with Crippen molar-refractivity contribution in [2.75, 3.05) is 33.8 Å². The van der Waals surface area contributed by atoms with Gasteiger partial charge < -0.3 is 25.0 Å². The fraction of sp³-hybridized carbons (Fsp3) is 0.440. The van der Waals surface area contributed by atoms with Crippen LogP contribution in [0.3, 0.4) is 0 Å². The van der Waals surface area contributed by atoms with Crippen LogP contribution < -0.4 is 15.4 Å². The van der Waals surface area contributed by atoms with E-state index < -0.39 is 0 Å². The van der Waals surface area contributed by atoms with Crippen molar-refractivity contribution < 1.29 is 14.3 Å². The fourth-order valence-electron chi connectivity index (χ4n) is 3.82. The molecule has 2 aromatic rings. The Morgan fingerprint density at radius 2 is 1.64 bits per heavy atom. The van der Waals surface area contributed by atoms with Gasteiger partial charge in [-0.1, -0.05) is 24.3 Å². The highest BCUT2D eigenvalue weighted by Gasteiger charge is 2.26. The Morgan fingerprint density at radius 3 is 2.21 bits per heavy atom. The number of morpholine rings is 1. The van der Waals surface area contributed by atoms with E-state index in [-0.39, 0.29) is 42.1 Å². The smallest absolute Gasteiger partial charge is 0.254 e. The van der Waals surface area contributed by atoms with Crippen molar-refractivity contribution >= 4 is 35.8 Å². The van der Waals surface area contributed by atoms with E-state index in [9.17, 15) is 4.79 Å². The summed E-state index contributed by atoms with van der Waals surface area (Å²) in [5.74, 6) is 1.67. The van der Waals surface area contributed by atoms with E-state index in [1.807, 2.05) is 55.1 Å². The Morgan fingerprint density at radius 1 is 1.03 bits per heavy atom. The molecule has 33 heavy (non-hydrogen) atoms. The van der Waals surface area contributed by atoms with Gasteiger partial charge in [-0.3, -0.25) is 9.79 Å². The summed E-state index contributed by atoms with van der Waals surface area (Å²) in [6, 6.07) is 15.8. The number of methoxy groups -OCH3 is 1. The molecule has 1 amide bonds. The molecule has 7 nitrogen and oxygen atoms in total. The van der Waals surface area contributed by atoms with Gasteiger partial charge in [0.1, 0.15) is 5.75 Å². The minimum Gasteiger partial charge on any atom is -0.497 e. The van der Waals surface area contributed by atoms with Gasteiger partial charge in [0.05, 0.1) is 19.3 Å². The maximum atomic E-state index is 12.8. The molecule has 2 aromatic carbocycles. The van der Waals surface area contributed by atoms with Gasteiger partial charge in [-0.25, -0.2) is 0 Å². The molecule has 0 radical (unpaired) electrons. The average Bonchev–Trinajstić information content (AvgIpc) is 2.81. The van der Waals surface area contributed by atoms with E-state index in [0.29, 0.717) is 25.2 Å². The number of ether oxygens (including phenoxy) is 2. The van der Waals surface area contributed by atoms with Gasteiger partial charge in [0.15, 0.2) is 5.96 Å². The third-order valence-corrected chi connectivity index (χ3v) is 5.46. The Bertz CT molecular complexity index is 893. The van der Waals surface area contributed by atoms with Gasteiger partial charge in [-0.2, -0.15) is 0 Å². The van der Waals surface area contributed by atoms with E-state index in [2.05, 4.69) is 27.8 Å². The largest absolute Gasteiger partial charge is 0.497 e. The topological polar surface area (TPSA) is 75.2 Å². The monoisotopic (exact) mass is 566 g/mol. The number of amides is 1. The third kappa shape index (κ3) is 8.19. The molecule has 1 aliphatic heterocycles. The van der Waals surface area contributed by atoms with Crippen LogP contribution in [-0.4, -0.2) is 62.8 Å². The predicted octanol–water partition coefficient (Wildman–Crippen LogP) is 3.47. The fourth-order valence-corrected chi connectivity index (χ4v) is 3.82. The second kappa shape index (κ2) is 13.4. The molecule has 180 valence electrons. The number of rotatable bonds is 7. The number of benzene rings is 2. The molecule has 3 rings (SSSR count). The number of hydrogen-bond donors (Lipinski definition) is 2. The second-order valence-corrected chi connectivity index (χ2v) is 8.11. The van der Waals surface area contributed by atoms with Gasteiger partial charge >= 0.3 is 0 Å². The van der Waals surface area contributed by atoms with E-state index in [1.165, 1.54) is 5.56 Å². The molecule has 2 N–H and O–H groups in total. The molecule has 0 aromatic heterocycles. The first kappa shape index (κ1) is 26.9. The molecule has 8 heteroatoms. The summed E-state index contributed by atoms with van der Waals surface area (Å²) in [5.41, 5.74) is 3.03. The Kier molecular flexibility index (Phi) is 10.9. The van der Waals surface area contributed by atoms with Crippen molar-refractivity contribution in [2.45, 2.75) is 39.0 Å². The summed E-state index contributed by atoms with van der Waals surface area (Å²) in [6.07, 6.45) is 1.02. The molecule has 0 bridgehead atoms. The molecule has 0 saturated carbocycles. The van der Waals surface area contributed by atoms with Crippen LogP contribution >= 0.6 is 24.0 Å². The van der Waals surface area contributed by atoms with Crippen LogP contribution in [0.4, 0.5) is 0 Å². The lowest BCUT2D eigenvalue weighted by atomic mass is 10.1. The van der Waals surface area contributed by atoms with Gasteiger partial charge in [-0.15, -0.1) is 24.0 Å². The molecular formula is C25H35IN4O3. The third-order valence-electron chi connectivity index (χ3n) is 5.46. The first-order valence-corrected chi connectivity index (χ1v) is 11.1. The number of halogens is 1. The summed E-state index contributed by atoms with van der Waals surface area (Å²) in [6.45, 7) is 6.67. The Balaban J connectivity index is 0.00000385. The van der Waals surface area contributed by atoms with Crippen molar-refractivity contribution in [2.24, 2.45) is 4.99 Å². The van der Waals surface area contributed by atoms with E-state index in [4.69, 9.17) is 9.47 Å². The first-order valence-electron chi connectivity index (χ1n) is 11.1. The number of nitrogens with one attached hydrogen (secondary N) is 2. The normalized spacial score (nSPS) is 18.3. The summed E-state index contributed by atoms with van der Waals surface area (Å²) in [4.78, 5) is 19.0. The zero-order valence-electron chi connectivity index (χ0n) is 19.8. The van der Waals surface area contributed by atoms with Crippen LogP contribution in [0.5, 0.6) is 5.75 Å². The maximum Gasteiger partial charge on any atom is 0.254 e. The van der Waals surface area contributed by atoms with E-state index in [1.54, 1.807) is 14.2 Å². The minimum atomic E-state index is 0. The molecule has 2 atom stereocenters. The van der Waals surface area contributed by atoms with Gasteiger partial charge in [-0.05, 0) is 55.7 Å². The van der Waals surface area contributed by atoms with Crippen molar-refractivity contribution in [1.82, 2.24) is 15.5 Å². The molecule has 0 spiro atoms. The molecule has 1 fully saturated rings.